The number of carbonyl (C=O) groups excluding carboxylic acids is 3. The fraction of sp³-hybridized carbons (Fsp3) is 0.182. The normalized spacial score (nSPS) is 15.3. The van der Waals surface area contributed by atoms with Gasteiger partial charge in [0.05, 0.1) is 12.1 Å². The molecule has 4 rings (SSSR count). The number of ketones is 1. The Kier molecular flexibility index (Phi) is 5.13. The Labute approximate surface area is 178 Å². The van der Waals surface area contributed by atoms with Gasteiger partial charge in [0.15, 0.2) is 5.78 Å². The molecule has 2 heterocycles. The summed E-state index contributed by atoms with van der Waals surface area (Å²) >= 11 is 6.11. The number of halogens is 1. The Bertz CT molecular complexity index is 1170. The van der Waals surface area contributed by atoms with Gasteiger partial charge in [0.2, 0.25) is 11.8 Å². The van der Waals surface area contributed by atoms with Crippen molar-refractivity contribution in [2.75, 3.05) is 10.6 Å². The molecule has 1 aromatic heterocycles. The highest BCUT2D eigenvalue weighted by molar-refractivity contribution is 6.30. The molecule has 0 spiro atoms. The summed E-state index contributed by atoms with van der Waals surface area (Å²) in [5, 5.41) is 10.8. The average molecular weight is 423 g/mol. The minimum atomic E-state index is -0.798. The van der Waals surface area contributed by atoms with Gasteiger partial charge in [-0.1, -0.05) is 23.7 Å². The van der Waals surface area contributed by atoms with E-state index in [9.17, 15) is 14.4 Å². The molecule has 1 aliphatic heterocycles. The summed E-state index contributed by atoms with van der Waals surface area (Å²) in [7, 11) is 0. The number of carbonyl (C=O) groups is 3. The number of nitrogens with one attached hydrogen (secondary N) is 2. The lowest BCUT2D eigenvalue weighted by Crippen LogP contribution is -2.35. The van der Waals surface area contributed by atoms with Crippen LogP contribution in [0, 0.1) is 6.92 Å². The molecule has 0 radical (unpaired) electrons. The van der Waals surface area contributed by atoms with Crippen molar-refractivity contribution in [2.45, 2.75) is 26.3 Å². The van der Waals surface area contributed by atoms with Crippen LogP contribution in [0.1, 0.15) is 35.3 Å². The molecule has 1 atom stereocenters. The maximum Gasteiger partial charge on any atom is 0.249 e. The van der Waals surface area contributed by atoms with E-state index in [2.05, 4.69) is 15.7 Å². The molecule has 2 aromatic carbocycles. The molecule has 2 N–H and O–H groups in total. The number of amides is 2. The van der Waals surface area contributed by atoms with E-state index in [1.807, 2.05) is 19.1 Å². The minimum absolute atomic E-state index is 0.0273. The molecule has 0 saturated heterocycles. The Morgan fingerprint density at radius 3 is 2.60 bits per heavy atom. The van der Waals surface area contributed by atoms with Gasteiger partial charge < -0.3 is 10.6 Å². The van der Waals surface area contributed by atoms with Gasteiger partial charge in [-0.2, -0.15) is 5.10 Å². The molecule has 3 aromatic rings. The number of hydrogen-bond acceptors (Lipinski definition) is 4. The van der Waals surface area contributed by atoms with Crippen LogP contribution < -0.4 is 10.6 Å². The zero-order chi connectivity index (χ0) is 21.4. The second-order valence-corrected chi connectivity index (χ2v) is 7.60. The van der Waals surface area contributed by atoms with Crippen LogP contribution in [0.15, 0.2) is 48.5 Å². The zero-order valence-electron chi connectivity index (χ0n) is 16.4. The van der Waals surface area contributed by atoms with Crippen molar-refractivity contribution in [1.29, 1.82) is 0 Å². The number of nitrogens with zero attached hydrogens (tertiary/aromatic N) is 2. The van der Waals surface area contributed by atoms with Crippen molar-refractivity contribution in [3.63, 3.8) is 0 Å². The highest BCUT2D eigenvalue weighted by Gasteiger charge is 2.34. The SMILES string of the molecule is CC(=O)c1ccc(NC(=O)[C@@H]2CC(=O)Nc3c(C)c(-c4cccc(Cl)c4)nn32)cc1. The maximum atomic E-state index is 13.0. The van der Waals surface area contributed by atoms with E-state index in [0.29, 0.717) is 27.8 Å². The number of hydrogen-bond donors (Lipinski definition) is 2. The molecule has 0 fully saturated rings. The van der Waals surface area contributed by atoms with Gasteiger partial charge in [-0.15, -0.1) is 0 Å². The maximum absolute atomic E-state index is 13.0. The predicted molar refractivity (Wildman–Crippen MR) is 115 cm³/mol. The fourth-order valence-electron chi connectivity index (χ4n) is 3.47. The zero-order valence-corrected chi connectivity index (χ0v) is 17.2. The van der Waals surface area contributed by atoms with Gasteiger partial charge in [0.1, 0.15) is 11.9 Å². The van der Waals surface area contributed by atoms with E-state index in [1.165, 1.54) is 6.92 Å². The van der Waals surface area contributed by atoms with Crippen molar-refractivity contribution < 1.29 is 14.4 Å². The Morgan fingerprint density at radius 2 is 1.93 bits per heavy atom. The number of rotatable bonds is 4. The summed E-state index contributed by atoms with van der Waals surface area (Å²) in [6.07, 6.45) is -0.0273. The molecule has 0 aliphatic carbocycles. The standard InChI is InChI=1S/C22H19ClN4O3/c1-12-20(15-4-3-5-16(23)10-15)26-27-18(11-19(29)25-21(12)27)22(30)24-17-8-6-14(7-9-17)13(2)28/h3-10,18H,11H2,1-2H3,(H,24,30)(H,25,29)/t18-/m0/s1. The first-order valence-corrected chi connectivity index (χ1v) is 9.78. The van der Waals surface area contributed by atoms with E-state index in [-0.39, 0.29) is 24.0 Å². The first kappa shape index (κ1) is 19.8. The Hall–Kier alpha value is -3.45. The van der Waals surface area contributed by atoms with Crippen LogP contribution in [0.3, 0.4) is 0 Å². The first-order chi connectivity index (χ1) is 14.3. The van der Waals surface area contributed by atoms with Gasteiger partial charge >= 0.3 is 0 Å². The number of anilines is 2. The van der Waals surface area contributed by atoms with Crippen LogP contribution >= 0.6 is 11.6 Å². The fourth-order valence-corrected chi connectivity index (χ4v) is 3.66. The van der Waals surface area contributed by atoms with E-state index in [0.717, 1.165) is 11.1 Å². The molecule has 1 aliphatic rings. The van der Waals surface area contributed by atoms with Crippen molar-refractivity contribution >= 4 is 40.7 Å². The van der Waals surface area contributed by atoms with E-state index < -0.39 is 6.04 Å². The number of Topliss-reactive ketones (excluding diaryl/α,β-unsaturated/α-hetero) is 1. The van der Waals surface area contributed by atoms with Gasteiger partial charge in [-0.3, -0.25) is 14.4 Å². The molecule has 152 valence electrons. The summed E-state index contributed by atoms with van der Waals surface area (Å²) in [4.78, 5) is 36.7. The third-order valence-corrected chi connectivity index (χ3v) is 5.27. The lowest BCUT2D eigenvalue weighted by Gasteiger charge is -2.24. The largest absolute Gasteiger partial charge is 0.324 e. The molecule has 8 heteroatoms. The molecule has 0 bridgehead atoms. The average Bonchev–Trinajstić information content (AvgIpc) is 3.04. The summed E-state index contributed by atoms with van der Waals surface area (Å²) in [5.41, 5.74) is 3.31. The van der Waals surface area contributed by atoms with Gasteiger partial charge in [0, 0.05) is 27.4 Å². The van der Waals surface area contributed by atoms with Gasteiger partial charge in [0.25, 0.3) is 0 Å². The lowest BCUT2D eigenvalue weighted by atomic mass is 10.1. The van der Waals surface area contributed by atoms with Crippen LogP contribution in [0.5, 0.6) is 0 Å². The summed E-state index contributed by atoms with van der Waals surface area (Å²) in [6, 6.07) is 13.1. The van der Waals surface area contributed by atoms with Crippen LogP contribution in [-0.2, 0) is 9.59 Å². The monoisotopic (exact) mass is 422 g/mol. The van der Waals surface area contributed by atoms with E-state index >= 15 is 0 Å². The summed E-state index contributed by atoms with van der Waals surface area (Å²) < 4.78 is 1.55. The lowest BCUT2D eigenvalue weighted by molar-refractivity contribution is -0.125. The third kappa shape index (κ3) is 3.71. The molecular formula is C22H19ClN4O3. The van der Waals surface area contributed by atoms with Crippen molar-refractivity contribution in [2.24, 2.45) is 0 Å². The first-order valence-electron chi connectivity index (χ1n) is 9.40. The van der Waals surface area contributed by atoms with Crippen molar-refractivity contribution in [1.82, 2.24) is 9.78 Å². The molecule has 0 saturated carbocycles. The minimum Gasteiger partial charge on any atom is -0.324 e. The van der Waals surface area contributed by atoms with Crippen LogP contribution in [0.4, 0.5) is 11.5 Å². The third-order valence-electron chi connectivity index (χ3n) is 5.04. The van der Waals surface area contributed by atoms with E-state index in [4.69, 9.17) is 11.6 Å². The second-order valence-electron chi connectivity index (χ2n) is 7.17. The molecular weight excluding hydrogens is 404 g/mol. The van der Waals surface area contributed by atoms with Crippen LogP contribution in [0.25, 0.3) is 11.3 Å². The Morgan fingerprint density at radius 1 is 1.20 bits per heavy atom. The number of fused-ring (bicyclic) bond motifs is 1. The van der Waals surface area contributed by atoms with Crippen LogP contribution in [0.2, 0.25) is 5.02 Å². The highest BCUT2D eigenvalue weighted by atomic mass is 35.5. The highest BCUT2D eigenvalue weighted by Crippen LogP contribution is 2.35. The second kappa shape index (κ2) is 7.76. The smallest absolute Gasteiger partial charge is 0.249 e. The summed E-state index contributed by atoms with van der Waals surface area (Å²) in [5.74, 6) is -0.174. The predicted octanol–water partition coefficient (Wildman–Crippen LogP) is 4.24. The Balaban J connectivity index is 1.66. The number of aromatic nitrogens is 2. The van der Waals surface area contributed by atoms with Gasteiger partial charge in [-0.05, 0) is 50.2 Å². The van der Waals surface area contributed by atoms with Crippen LogP contribution in [-0.4, -0.2) is 27.4 Å². The topological polar surface area (TPSA) is 93.1 Å². The molecule has 2 amide bonds. The van der Waals surface area contributed by atoms with E-state index in [1.54, 1.807) is 41.1 Å². The number of benzene rings is 2. The molecule has 0 unspecified atom stereocenters. The molecule has 7 nitrogen and oxygen atoms in total. The van der Waals surface area contributed by atoms with Gasteiger partial charge in [-0.25, -0.2) is 4.68 Å². The quantitative estimate of drug-likeness (QED) is 0.615. The van der Waals surface area contributed by atoms with Crippen molar-refractivity contribution in [3.8, 4) is 11.3 Å². The molecule has 30 heavy (non-hydrogen) atoms. The summed E-state index contributed by atoms with van der Waals surface area (Å²) in [6.45, 7) is 3.32. The van der Waals surface area contributed by atoms with Crippen molar-refractivity contribution in [3.05, 3.63) is 64.7 Å².